The lowest BCUT2D eigenvalue weighted by atomic mass is 10.1. The molecule has 1 atom stereocenters. The van der Waals surface area contributed by atoms with Crippen LogP contribution in [0.5, 0.6) is 0 Å². The van der Waals surface area contributed by atoms with Gasteiger partial charge in [-0.2, -0.15) is 26.3 Å². The number of nitrogens with zero attached hydrogens (tertiary/aromatic N) is 2. The standard InChI is InChI=1S/C30H24F6N4O3S2/c1-39(2)22-11-9-17(10-12-22)13-24-27(43)40(28(44)45-24)23(26(42)38-21-8-4-6-19(15-21)30(34,35)36)16-25(41)37-20-7-3-5-18(14-20)29(31,32)33/h3-15,23H,16H2,1-2H3,(H,37,41)(H,38,42)/b24-13-/t23-/m0/s1. The van der Waals surface area contributed by atoms with E-state index in [1.165, 1.54) is 18.2 Å². The fourth-order valence-electron chi connectivity index (χ4n) is 4.23. The number of benzene rings is 3. The van der Waals surface area contributed by atoms with E-state index in [2.05, 4.69) is 10.6 Å². The second kappa shape index (κ2) is 13.3. The van der Waals surface area contributed by atoms with E-state index in [1.54, 1.807) is 12.1 Å². The Morgan fingerprint density at radius 2 is 1.42 bits per heavy atom. The van der Waals surface area contributed by atoms with Crippen LogP contribution in [-0.2, 0) is 26.7 Å². The summed E-state index contributed by atoms with van der Waals surface area (Å²) in [5, 5.41) is 4.57. The van der Waals surface area contributed by atoms with Gasteiger partial charge in [-0.1, -0.05) is 48.2 Å². The first kappa shape index (κ1) is 33.5. The monoisotopic (exact) mass is 666 g/mol. The quantitative estimate of drug-likeness (QED) is 0.153. The lowest BCUT2D eigenvalue weighted by Gasteiger charge is -2.26. The highest BCUT2D eigenvalue weighted by Crippen LogP contribution is 2.36. The van der Waals surface area contributed by atoms with Crippen molar-refractivity contribution in [1.82, 2.24) is 4.90 Å². The Kier molecular flexibility index (Phi) is 9.92. The highest BCUT2D eigenvalue weighted by molar-refractivity contribution is 8.26. The number of rotatable bonds is 8. The molecule has 1 aliphatic rings. The smallest absolute Gasteiger partial charge is 0.378 e. The van der Waals surface area contributed by atoms with Gasteiger partial charge in [0.2, 0.25) is 11.8 Å². The molecule has 0 radical (unpaired) electrons. The summed E-state index contributed by atoms with van der Waals surface area (Å²) in [7, 11) is 3.71. The van der Waals surface area contributed by atoms with E-state index >= 15 is 0 Å². The Bertz CT molecular complexity index is 1660. The van der Waals surface area contributed by atoms with Gasteiger partial charge in [0.05, 0.1) is 22.5 Å². The number of halogens is 6. The summed E-state index contributed by atoms with van der Waals surface area (Å²) >= 11 is 6.22. The van der Waals surface area contributed by atoms with Crippen LogP contribution in [0.2, 0.25) is 0 Å². The van der Waals surface area contributed by atoms with Gasteiger partial charge in [0.1, 0.15) is 10.4 Å². The number of carbonyl (C=O) groups excluding carboxylic acids is 3. The van der Waals surface area contributed by atoms with Gasteiger partial charge in [0, 0.05) is 31.2 Å². The lowest BCUT2D eigenvalue weighted by Crippen LogP contribution is -2.48. The molecule has 1 heterocycles. The first-order chi connectivity index (χ1) is 21.0. The molecule has 3 aromatic rings. The SMILES string of the molecule is CN(C)c1ccc(/C=C2\SC(=S)N([C@@H](CC(=O)Nc3cccc(C(F)(F)F)c3)C(=O)Nc3cccc(C(F)(F)F)c3)C2=O)cc1. The maximum atomic E-state index is 13.5. The van der Waals surface area contributed by atoms with Crippen molar-refractivity contribution in [3.8, 4) is 0 Å². The Hall–Kier alpha value is -4.37. The van der Waals surface area contributed by atoms with Gasteiger partial charge < -0.3 is 15.5 Å². The Morgan fingerprint density at radius 3 is 1.93 bits per heavy atom. The van der Waals surface area contributed by atoms with Crippen LogP contribution in [-0.4, -0.2) is 47.1 Å². The van der Waals surface area contributed by atoms with Gasteiger partial charge in [-0.25, -0.2) is 0 Å². The number of alkyl halides is 6. The molecular weight excluding hydrogens is 642 g/mol. The first-order valence-electron chi connectivity index (χ1n) is 13.0. The molecule has 0 aromatic heterocycles. The topological polar surface area (TPSA) is 81.8 Å². The summed E-state index contributed by atoms with van der Waals surface area (Å²) in [6.45, 7) is 0. The Morgan fingerprint density at radius 1 is 0.889 bits per heavy atom. The largest absolute Gasteiger partial charge is 0.416 e. The van der Waals surface area contributed by atoms with Crippen LogP contribution in [0, 0.1) is 0 Å². The second-order valence-electron chi connectivity index (χ2n) is 9.95. The molecule has 0 saturated carbocycles. The summed E-state index contributed by atoms with van der Waals surface area (Å²) in [6, 6.07) is 13.0. The fourth-order valence-corrected chi connectivity index (χ4v) is 5.59. The highest BCUT2D eigenvalue weighted by atomic mass is 32.2. The van der Waals surface area contributed by atoms with Gasteiger partial charge in [-0.15, -0.1) is 0 Å². The van der Waals surface area contributed by atoms with Gasteiger partial charge in [-0.3, -0.25) is 19.3 Å². The summed E-state index contributed by atoms with van der Waals surface area (Å²) in [6.07, 6.45) is -8.64. The minimum atomic E-state index is -4.71. The van der Waals surface area contributed by atoms with Crippen LogP contribution >= 0.6 is 24.0 Å². The van der Waals surface area contributed by atoms with Crippen molar-refractivity contribution in [2.75, 3.05) is 29.6 Å². The van der Waals surface area contributed by atoms with Gasteiger partial charge >= 0.3 is 12.4 Å². The van der Waals surface area contributed by atoms with E-state index in [9.17, 15) is 40.7 Å². The van der Waals surface area contributed by atoms with Gasteiger partial charge in [0.25, 0.3) is 5.91 Å². The molecule has 0 bridgehead atoms. The number of amides is 3. The number of anilines is 3. The maximum Gasteiger partial charge on any atom is 0.416 e. The molecule has 1 aliphatic heterocycles. The van der Waals surface area contributed by atoms with E-state index in [1.807, 2.05) is 31.1 Å². The van der Waals surface area contributed by atoms with Crippen molar-refractivity contribution < 1.29 is 40.7 Å². The Labute approximate surface area is 263 Å². The van der Waals surface area contributed by atoms with Crippen LogP contribution in [0.25, 0.3) is 6.08 Å². The number of nitrogens with one attached hydrogen (secondary N) is 2. The van der Waals surface area contributed by atoms with Crippen LogP contribution in [0.1, 0.15) is 23.1 Å². The van der Waals surface area contributed by atoms with E-state index < -0.39 is 53.7 Å². The van der Waals surface area contributed by atoms with Crippen LogP contribution in [0.3, 0.4) is 0 Å². The first-order valence-corrected chi connectivity index (χ1v) is 14.2. The van der Waals surface area contributed by atoms with Gasteiger partial charge in [0.15, 0.2) is 0 Å². The molecular formula is C30H24F6N4O3S2. The van der Waals surface area contributed by atoms with E-state index in [-0.39, 0.29) is 20.6 Å². The van der Waals surface area contributed by atoms with Crippen molar-refractivity contribution in [3.05, 3.63) is 94.4 Å². The summed E-state index contributed by atoms with van der Waals surface area (Å²) in [4.78, 5) is 42.9. The van der Waals surface area contributed by atoms with Crippen LogP contribution < -0.4 is 15.5 Å². The van der Waals surface area contributed by atoms with Crippen molar-refractivity contribution in [3.63, 3.8) is 0 Å². The molecule has 0 unspecified atom stereocenters. The molecule has 45 heavy (non-hydrogen) atoms. The zero-order valence-electron chi connectivity index (χ0n) is 23.5. The zero-order valence-corrected chi connectivity index (χ0v) is 25.1. The van der Waals surface area contributed by atoms with E-state index in [4.69, 9.17) is 12.2 Å². The molecule has 7 nitrogen and oxygen atoms in total. The molecule has 236 valence electrons. The number of thioether (sulfide) groups is 1. The molecule has 2 N–H and O–H groups in total. The molecule has 4 rings (SSSR count). The van der Waals surface area contributed by atoms with Crippen molar-refractivity contribution >= 4 is 69.2 Å². The molecule has 1 saturated heterocycles. The van der Waals surface area contributed by atoms with Crippen molar-refractivity contribution in [1.29, 1.82) is 0 Å². The zero-order chi connectivity index (χ0) is 33.1. The van der Waals surface area contributed by atoms with Crippen LogP contribution in [0.15, 0.2) is 77.7 Å². The number of thiocarbonyl (C=S) groups is 1. The fraction of sp³-hybridized carbons (Fsp3) is 0.200. The van der Waals surface area contributed by atoms with Crippen molar-refractivity contribution in [2.45, 2.75) is 24.8 Å². The Balaban J connectivity index is 1.63. The minimum absolute atomic E-state index is 0.104. The van der Waals surface area contributed by atoms with Gasteiger partial charge in [-0.05, 0) is 60.2 Å². The molecule has 15 heteroatoms. The molecule has 3 aromatic carbocycles. The summed E-state index contributed by atoms with van der Waals surface area (Å²) in [5.74, 6) is -2.73. The van der Waals surface area contributed by atoms with E-state index in [0.717, 1.165) is 46.6 Å². The average Bonchev–Trinajstić information content (AvgIpc) is 3.23. The number of hydrogen-bond donors (Lipinski definition) is 2. The van der Waals surface area contributed by atoms with E-state index in [0.29, 0.717) is 17.7 Å². The summed E-state index contributed by atoms with van der Waals surface area (Å²) < 4.78 is 79.2. The third-order valence-electron chi connectivity index (χ3n) is 6.45. The normalized spacial score (nSPS) is 15.3. The third kappa shape index (κ3) is 8.42. The average molecular weight is 667 g/mol. The lowest BCUT2D eigenvalue weighted by molar-refractivity contribution is -0.138. The molecule has 0 aliphatic carbocycles. The predicted molar refractivity (Wildman–Crippen MR) is 164 cm³/mol. The second-order valence-corrected chi connectivity index (χ2v) is 11.6. The highest BCUT2D eigenvalue weighted by Gasteiger charge is 2.42. The molecule has 3 amide bonds. The number of carbonyl (C=O) groups is 3. The third-order valence-corrected chi connectivity index (χ3v) is 7.79. The predicted octanol–water partition coefficient (Wildman–Crippen LogP) is 7.03. The number of hydrogen-bond acceptors (Lipinski definition) is 6. The minimum Gasteiger partial charge on any atom is -0.378 e. The summed E-state index contributed by atoms with van der Waals surface area (Å²) in [5.41, 5.74) is -1.03. The maximum absolute atomic E-state index is 13.5. The molecule has 0 spiro atoms. The van der Waals surface area contributed by atoms with Crippen LogP contribution in [0.4, 0.5) is 43.4 Å². The molecule has 1 fully saturated rings. The van der Waals surface area contributed by atoms with Crippen molar-refractivity contribution in [2.24, 2.45) is 0 Å².